The van der Waals surface area contributed by atoms with E-state index in [9.17, 15) is 4.79 Å². The molecular formula is C16H22N2O3. The zero-order chi connectivity index (χ0) is 14.7. The van der Waals surface area contributed by atoms with Gasteiger partial charge in [-0.3, -0.25) is 4.79 Å². The van der Waals surface area contributed by atoms with Crippen LogP contribution in [-0.4, -0.2) is 49.7 Å². The first-order chi connectivity index (χ1) is 10.3. The molecule has 2 aliphatic heterocycles. The van der Waals surface area contributed by atoms with Crippen LogP contribution in [0.25, 0.3) is 0 Å². The van der Waals surface area contributed by atoms with E-state index >= 15 is 0 Å². The van der Waals surface area contributed by atoms with Crippen LogP contribution in [0.4, 0.5) is 0 Å². The van der Waals surface area contributed by atoms with Gasteiger partial charge >= 0.3 is 0 Å². The molecule has 1 saturated heterocycles. The normalized spacial score (nSPS) is 21.2. The summed E-state index contributed by atoms with van der Waals surface area (Å²) in [6, 6.07) is 5.92. The molecule has 1 atom stereocenters. The van der Waals surface area contributed by atoms with E-state index in [2.05, 4.69) is 12.2 Å². The van der Waals surface area contributed by atoms with E-state index in [-0.39, 0.29) is 5.91 Å². The molecule has 0 saturated carbocycles. The van der Waals surface area contributed by atoms with E-state index in [0.717, 1.165) is 32.5 Å². The van der Waals surface area contributed by atoms with Crippen LogP contribution in [-0.2, 0) is 0 Å². The molecule has 1 amide bonds. The van der Waals surface area contributed by atoms with Gasteiger partial charge in [0.25, 0.3) is 5.91 Å². The van der Waals surface area contributed by atoms with Crippen LogP contribution in [0.15, 0.2) is 18.2 Å². The predicted molar refractivity (Wildman–Crippen MR) is 80.0 cm³/mol. The number of likely N-dealkylation sites (tertiary alicyclic amines) is 1. The van der Waals surface area contributed by atoms with Gasteiger partial charge in [0.05, 0.1) is 5.56 Å². The summed E-state index contributed by atoms with van der Waals surface area (Å²) in [5.74, 6) is 1.31. The number of hydrogen-bond donors (Lipinski definition) is 1. The molecule has 0 spiro atoms. The third-order valence-electron chi connectivity index (χ3n) is 4.00. The molecule has 0 bridgehead atoms. The number of amides is 1. The molecule has 21 heavy (non-hydrogen) atoms. The Morgan fingerprint density at radius 2 is 2.24 bits per heavy atom. The Bertz CT molecular complexity index is 516. The third-order valence-corrected chi connectivity index (χ3v) is 4.00. The van der Waals surface area contributed by atoms with E-state index < -0.39 is 0 Å². The lowest BCUT2D eigenvalue weighted by Crippen LogP contribution is -2.48. The summed E-state index contributed by atoms with van der Waals surface area (Å²) < 4.78 is 11.2. The zero-order valence-electron chi connectivity index (χ0n) is 12.4. The van der Waals surface area contributed by atoms with Crippen molar-refractivity contribution in [3.8, 4) is 11.5 Å². The quantitative estimate of drug-likeness (QED) is 0.920. The van der Waals surface area contributed by atoms with Gasteiger partial charge in [-0.2, -0.15) is 0 Å². The van der Waals surface area contributed by atoms with Gasteiger partial charge in [-0.25, -0.2) is 0 Å². The second kappa shape index (κ2) is 6.35. The average Bonchev–Trinajstić information content (AvgIpc) is 2.54. The number of benzene rings is 1. The number of nitrogens with one attached hydrogen (secondary N) is 1. The Kier molecular flexibility index (Phi) is 4.29. The van der Waals surface area contributed by atoms with Gasteiger partial charge in [0.2, 0.25) is 0 Å². The standard InChI is InChI=1S/C16H22N2O3/c1-2-17-12-5-4-8-18(11-12)16(19)13-6-3-7-14-15(13)21-10-9-20-14/h3,6-7,12,17H,2,4-5,8-11H2,1H3. The van der Waals surface area contributed by atoms with Crippen LogP contribution in [0.1, 0.15) is 30.1 Å². The fourth-order valence-electron chi connectivity index (χ4n) is 3.03. The Morgan fingerprint density at radius 1 is 1.38 bits per heavy atom. The van der Waals surface area contributed by atoms with Gasteiger partial charge in [0.15, 0.2) is 11.5 Å². The van der Waals surface area contributed by atoms with Crippen LogP contribution in [0.3, 0.4) is 0 Å². The van der Waals surface area contributed by atoms with E-state index in [1.54, 1.807) is 0 Å². The van der Waals surface area contributed by atoms with E-state index in [0.29, 0.717) is 36.3 Å². The van der Waals surface area contributed by atoms with Crippen molar-refractivity contribution >= 4 is 5.91 Å². The Morgan fingerprint density at radius 3 is 3.10 bits per heavy atom. The number of para-hydroxylation sites is 1. The molecule has 0 aromatic heterocycles. The first-order valence-corrected chi connectivity index (χ1v) is 7.71. The lowest BCUT2D eigenvalue weighted by molar-refractivity contribution is 0.0685. The van der Waals surface area contributed by atoms with Crippen molar-refractivity contribution in [1.82, 2.24) is 10.2 Å². The highest BCUT2D eigenvalue weighted by atomic mass is 16.6. The van der Waals surface area contributed by atoms with Gasteiger partial charge in [-0.05, 0) is 31.5 Å². The number of likely N-dealkylation sites (N-methyl/N-ethyl adjacent to an activating group) is 1. The van der Waals surface area contributed by atoms with Crippen molar-refractivity contribution in [3.63, 3.8) is 0 Å². The Labute approximate surface area is 125 Å². The highest BCUT2D eigenvalue weighted by Gasteiger charge is 2.28. The summed E-state index contributed by atoms with van der Waals surface area (Å²) in [7, 11) is 0. The monoisotopic (exact) mass is 290 g/mol. The molecule has 5 heteroatoms. The van der Waals surface area contributed by atoms with Crippen molar-refractivity contribution in [2.24, 2.45) is 0 Å². The fraction of sp³-hybridized carbons (Fsp3) is 0.562. The molecule has 1 aromatic carbocycles. The Hall–Kier alpha value is -1.75. The van der Waals surface area contributed by atoms with Gasteiger partial charge in [0, 0.05) is 19.1 Å². The van der Waals surface area contributed by atoms with Crippen LogP contribution in [0.2, 0.25) is 0 Å². The number of carbonyl (C=O) groups excluding carboxylic acids is 1. The van der Waals surface area contributed by atoms with Crippen molar-refractivity contribution in [1.29, 1.82) is 0 Å². The van der Waals surface area contributed by atoms with Gasteiger partial charge in [-0.15, -0.1) is 0 Å². The van der Waals surface area contributed by atoms with Crippen LogP contribution < -0.4 is 14.8 Å². The first kappa shape index (κ1) is 14.2. The highest BCUT2D eigenvalue weighted by molar-refractivity contribution is 5.98. The molecule has 1 unspecified atom stereocenters. The molecular weight excluding hydrogens is 268 g/mol. The topological polar surface area (TPSA) is 50.8 Å². The summed E-state index contributed by atoms with van der Waals surface area (Å²) in [5.41, 5.74) is 0.615. The molecule has 1 aromatic rings. The molecule has 0 radical (unpaired) electrons. The van der Waals surface area contributed by atoms with Crippen molar-refractivity contribution in [2.45, 2.75) is 25.8 Å². The maximum Gasteiger partial charge on any atom is 0.257 e. The average molecular weight is 290 g/mol. The number of fused-ring (bicyclic) bond motifs is 1. The number of ether oxygens (including phenoxy) is 2. The third kappa shape index (κ3) is 2.97. The SMILES string of the molecule is CCNC1CCCN(C(=O)c2cccc3c2OCCO3)C1. The van der Waals surface area contributed by atoms with Crippen molar-refractivity contribution < 1.29 is 14.3 Å². The minimum Gasteiger partial charge on any atom is -0.486 e. The highest BCUT2D eigenvalue weighted by Crippen LogP contribution is 2.34. The zero-order valence-corrected chi connectivity index (χ0v) is 12.4. The van der Waals surface area contributed by atoms with E-state index in [1.165, 1.54) is 0 Å². The lowest BCUT2D eigenvalue weighted by Gasteiger charge is -2.33. The van der Waals surface area contributed by atoms with Gasteiger partial charge < -0.3 is 19.7 Å². The van der Waals surface area contributed by atoms with Gasteiger partial charge in [0.1, 0.15) is 13.2 Å². The lowest BCUT2D eigenvalue weighted by atomic mass is 10.0. The van der Waals surface area contributed by atoms with Crippen molar-refractivity contribution in [3.05, 3.63) is 23.8 Å². The molecule has 5 nitrogen and oxygen atoms in total. The molecule has 1 N–H and O–H groups in total. The van der Waals surface area contributed by atoms with Crippen molar-refractivity contribution in [2.75, 3.05) is 32.8 Å². The number of nitrogens with zero attached hydrogens (tertiary/aromatic N) is 1. The molecule has 0 aliphatic carbocycles. The maximum atomic E-state index is 12.8. The number of hydrogen-bond acceptors (Lipinski definition) is 4. The largest absolute Gasteiger partial charge is 0.486 e. The maximum absolute atomic E-state index is 12.8. The summed E-state index contributed by atoms with van der Waals surface area (Å²) in [5, 5.41) is 3.43. The molecule has 2 heterocycles. The number of carbonyl (C=O) groups is 1. The summed E-state index contributed by atoms with van der Waals surface area (Å²) in [6.07, 6.45) is 2.17. The predicted octanol–water partition coefficient (Wildman–Crippen LogP) is 1.67. The smallest absolute Gasteiger partial charge is 0.257 e. The second-order valence-corrected chi connectivity index (χ2v) is 5.48. The molecule has 2 aliphatic rings. The van der Waals surface area contributed by atoms with E-state index in [1.807, 2.05) is 23.1 Å². The first-order valence-electron chi connectivity index (χ1n) is 7.71. The molecule has 3 rings (SSSR count). The summed E-state index contributed by atoms with van der Waals surface area (Å²) in [4.78, 5) is 14.7. The van der Waals surface area contributed by atoms with E-state index in [4.69, 9.17) is 9.47 Å². The Balaban J connectivity index is 1.79. The van der Waals surface area contributed by atoms with Crippen LogP contribution >= 0.6 is 0 Å². The van der Waals surface area contributed by atoms with Crippen LogP contribution in [0, 0.1) is 0 Å². The summed E-state index contributed by atoms with van der Waals surface area (Å²) in [6.45, 7) is 5.64. The number of piperidine rings is 1. The minimum atomic E-state index is 0.0416. The molecule has 114 valence electrons. The fourth-order valence-corrected chi connectivity index (χ4v) is 3.03. The number of rotatable bonds is 3. The summed E-state index contributed by atoms with van der Waals surface area (Å²) >= 11 is 0. The van der Waals surface area contributed by atoms with Crippen LogP contribution in [0.5, 0.6) is 11.5 Å². The second-order valence-electron chi connectivity index (χ2n) is 5.48. The molecule has 1 fully saturated rings. The minimum absolute atomic E-state index is 0.0416. The van der Waals surface area contributed by atoms with Gasteiger partial charge in [-0.1, -0.05) is 13.0 Å².